The van der Waals surface area contributed by atoms with Crippen LogP contribution in [0.4, 0.5) is 0 Å². The average Bonchev–Trinajstić information content (AvgIpc) is 2.45. The summed E-state index contributed by atoms with van der Waals surface area (Å²) in [6, 6.07) is 0. The Bertz CT molecular complexity index is 198. The van der Waals surface area contributed by atoms with Gasteiger partial charge in [-0.3, -0.25) is 0 Å². The summed E-state index contributed by atoms with van der Waals surface area (Å²) in [7, 11) is 4.99. The van der Waals surface area contributed by atoms with Gasteiger partial charge in [0.2, 0.25) is 0 Å². The van der Waals surface area contributed by atoms with Crippen LogP contribution in [0.5, 0.6) is 0 Å². The van der Waals surface area contributed by atoms with E-state index in [1.807, 2.05) is 0 Å². The lowest BCUT2D eigenvalue weighted by atomic mass is 9.41. The van der Waals surface area contributed by atoms with E-state index in [1.54, 1.807) is 6.42 Å². The van der Waals surface area contributed by atoms with Crippen LogP contribution >= 0.6 is 0 Å². The standard InChI is InChI=1S/C12H24B2/c1-8(2)12(13,14)11-6-9-3-4-10(5-9)7-11/h8-11H,3-7,13-14H2,1-2H3. The number of rotatable bonds is 2. The lowest BCUT2D eigenvalue weighted by molar-refractivity contribution is 0.212. The van der Waals surface area contributed by atoms with Crippen molar-refractivity contribution in [3.8, 4) is 0 Å². The minimum absolute atomic E-state index is 0.571. The van der Waals surface area contributed by atoms with E-state index < -0.39 is 0 Å². The summed E-state index contributed by atoms with van der Waals surface area (Å²) in [4.78, 5) is 0. The molecule has 0 N–H and O–H groups in total. The Balaban J connectivity index is 2.05. The lowest BCUT2D eigenvalue weighted by Gasteiger charge is -2.43. The third-order valence-corrected chi connectivity index (χ3v) is 5.43. The maximum Gasteiger partial charge on any atom is 0.0998 e. The van der Waals surface area contributed by atoms with Crippen LogP contribution in [-0.2, 0) is 0 Å². The molecule has 0 saturated heterocycles. The van der Waals surface area contributed by atoms with Gasteiger partial charge in [-0.1, -0.05) is 37.8 Å². The Labute approximate surface area is 91.0 Å². The van der Waals surface area contributed by atoms with Crippen LogP contribution in [0.2, 0.25) is 5.21 Å². The predicted molar refractivity (Wildman–Crippen MR) is 68.2 cm³/mol. The van der Waals surface area contributed by atoms with Crippen LogP contribution < -0.4 is 0 Å². The van der Waals surface area contributed by atoms with Crippen LogP contribution in [0.15, 0.2) is 0 Å². The Morgan fingerprint density at radius 2 is 1.50 bits per heavy atom. The van der Waals surface area contributed by atoms with Crippen molar-refractivity contribution < 1.29 is 0 Å². The van der Waals surface area contributed by atoms with Crippen LogP contribution in [-0.4, -0.2) is 15.7 Å². The molecule has 2 bridgehead atoms. The summed E-state index contributed by atoms with van der Waals surface area (Å²) >= 11 is 0. The Kier molecular flexibility index (Phi) is 2.74. The Hall–Kier alpha value is 0.130. The maximum absolute atomic E-state index is 2.49. The molecule has 14 heavy (non-hydrogen) atoms. The molecule has 0 heterocycles. The van der Waals surface area contributed by atoms with Gasteiger partial charge in [-0.05, 0) is 37.0 Å². The first-order valence-corrected chi connectivity index (χ1v) is 6.50. The molecule has 0 aromatic heterocycles. The van der Waals surface area contributed by atoms with Gasteiger partial charge >= 0.3 is 0 Å². The SMILES string of the molecule is BC(B)(C(C)C)C1CC2CCC(C2)C1. The first-order chi connectivity index (χ1) is 6.50. The molecule has 0 amide bonds. The molecule has 2 atom stereocenters. The summed E-state index contributed by atoms with van der Waals surface area (Å²) in [6.07, 6.45) is 7.69. The molecule has 2 saturated carbocycles. The van der Waals surface area contributed by atoms with Crippen LogP contribution in [0, 0.1) is 23.7 Å². The third kappa shape index (κ3) is 1.77. The van der Waals surface area contributed by atoms with E-state index in [0.29, 0.717) is 5.21 Å². The molecule has 2 heteroatoms. The molecular formula is C12H24B2. The van der Waals surface area contributed by atoms with Crippen LogP contribution in [0.25, 0.3) is 0 Å². The maximum atomic E-state index is 2.49. The monoisotopic (exact) mass is 190 g/mol. The van der Waals surface area contributed by atoms with Gasteiger partial charge in [-0.2, -0.15) is 0 Å². The predicted octanol–water partition coefficient (Wildman–Crippen LogP) is 1.85. The molecular weight excluding hydrogens is 166 g/mol. The van der Waals surface area contributed by atoms with E-state index >= 15 is 0 Å². The minimum atomic E-state index is 0.571. The largest absolute Gasteiger partial charge is 0.0998 e. The molecule has 0 aromatic carbocycles. The van der Waals surface area contributed by atoms with Gasteiger partial charge < -0.3 is 0 Å². The molecule has 2 aliphatic carbocycles. The highest BCUT2D eigenvalue weighted by Gasteiger charge is 2.41. The first-order valence-electron chi connectivity index (χ1n) is 6.50. The highest BCUT2D eigenvalue weighted by atomic mass is 14.4. The van der Waals surface area contributed by atoms with E-state index in [2.05, 4.69) is 29.5 Å². The molecule has 0 spiro atoms. The van der Waals surface area contributed by atoms with Crippen molar-refractivity contribution in [2.75, 3.05) is 0 Å². The van der Waals surface area contributed by atoms with E-state index in [0.717, 1.165) is 23.7 Å². The zero-order valence-electron chi connectivity index (χ0n) is 10.3. The molecule has 2 aliphatic rings. The van der Waals surface area contributed by atoms with Gasteiger partial charge in [0.25, 0.3) is 0 Å². The van der Waals surface area contributed by atoms with E-state index in [9.17, 15) is 0 Å². The Morgan fingerprint density at radius 3 is 1.93 bits per heavy atom. The highest BCUT2D eigenvalue weighted by molar-refractivity contribution is 6.40. The van der Waals surface area contributed by atoms with Crippen molar-refractivity contribution >= 4 is 15.7 Å². The zero-order chi connectivity index (χ0) is 10.3. The number of hydrogen-bond acceptors (Lipinski definition) is 0. The molecule has 0 aromatic rings. The van der Waals surface area contributed by atoms with Crippen LogP contribution in [0.1, 0.15) is 46.0 Å². The average molecular weight is 190 g/mol. The van der Waals surface area contributed by atoms with Gasteiger partial charge in [-0.25, -0.2) is 0 Å². The second-order valence-electron chi connectivity index (χ2n) is 6.69. The van der Waals surface area contributed by atoms with Crippen molar-refractivity contribution in [3.05, 3.63) is 0 Å². The normalized spacial score (nSPS) is 37.8. The summed E-state index contributed by atoms with van der Waals surface area (Å²) in [5, 5.41) is 0.571. The summed E-state index contributed by atoms with van der Waals surface area (Å²) in [5.41, 5.74) is 0. The van der Waals surface area contributed by atoms with E-state index in [4.69, 9.17) is 0 Å². The van der Waals surface area contributed by atoms with Crippen molar-refractivity contribution in [1.82, 2.24) is 0 Å². The van der Waals surface area contributed by atoms with Gasteiger partial charge in [0.05, 0.1) is 15.7 Å². The van der Waals surface area contributed by atoms with Crippen molar-refractivity contribution in [1.29, 1.82) is 0 Å². The molecule has 0 nitrogen and oxygen atoms in total. The first kappa shape index (κ1) is 10.6. The van der Waals surface area contributed by atoms with Gasteiger partial charge in [-0.15, -0.1) is 0 Å². The molecule has 78 valence electrons. The zero-order valence-corrected chi connectivity index (χ0v) is 10.3. The van der Waals surface area contributed by atoms with Crippen LogP contribution in [0.3, 0.4) is 0 Å². The minimum Gasteiger partial charge on any atom is -0.0796 e. The van der Waals surface area contributed by atoms with E-state index in [-0.39, 0.29) is 0 Å². The lowest BCUT2D eigenvalue weighted by Crippen LogP contribution is -2.34. The molecule has 2 fully saturated rings. The molecule has 0 radical (unpaired) electrons. The van der Waals surface area contributed by atoms with Crippen molar-refractivity contribution in [3.63, 3.8) is 0 Å². The topological polar surface area (TPSA) is 0 Å². The molecule has 2 rings (SSSR count). The van der Waals surface area contributed by atoms with Gasteiger partial charge in [0.15, 0.2) is 0 Å². The van der Waals surface area contributed by atoms with Crippen molar-refractivity contribution in [2.24, 2.45) is 23.7 Å². The highest BCUT2D eigenvalue weighted by Crippen LogP contribution is 2.52. The smallest absolute Gasteiger partial charge is 0.0796 e. The number of fused-ring (bicyclic) bond motifs is 2. The quantitative estimate of drug-likeness (QED) is 0.582. The summed E-state index contributed by atoms with van der Waals surface area (Å²) < 4.78 is 0. The van der Waals surface area contributed by atoms with Gasteiger partial charge in [0, 0.05) is 0 Å². The van der Waals surface area contributed by atoms with Gasteiger partial charge in [0.1, 0.15) is 0 Å². The second kappa shape index (κ2) is 3.61. The fourth-order valence-electron chi connectivity index (χ4n) is 3.59. The third-order valence-electron chi connectivity index (χ3n) is 5.43. The second-order valence-corrected chi connectivity index (χ2v) is 6.69. The van der Waals surface area contributed by atoms with E-state index in [1.165, 1.54) is 25.7 Å². The summed E-state index contributed by atoms with van der Waals surface area (Å²) in [5.74, 6) is 4.03. The fourth-order valence-corrected chi connectivity index (χ4v) is 3.59. The fraction of sp³-hybridized carbons (Fsp3) is 1.00. The van der Waals surface area contributed by atoms with Crippen molar-refractivity contribution in [2.45, 2.75) is 51.2 Å². The number of hydrogen-bond donors (Lipinski definition) is 0. The Morgan fingerprint density at radius 1 is 1.00 bits per heavy atom. The molecule has 0 aliphatic heterocycles. The molecule has 2 unspecified atom stereocenters. The summed E-state index contributed by atoms with van der Waals surface area (Å²) in [6.45, 7) is 4.80.